The molecule has 0 unspecified atom stereocenters. The Morgan fingerprint density at radius 1 is 1.21 bits per heavy atom. The van der Waals surface area contributed by atoms with Gasteiger partial charge in [0.25, 0.3) is 5.91 Å². The van der Waals surface area contributed by atoms with Gasteiger partial charge >= 0.3 is 0 Å². The van der Waals surface area contributed by atoms with E-state index >= 15 is 0 Å². The van der Waals surface area contributed by atoms with Crippen LogP contribution in [0, 0.1) is 11.6 Å². The van der Waals surface area contributed by atoms with E-state index in [1.54, 1.807) is 6.92 Å². The van der Waals surface area contributed by atoms with Crippen LogP contribution in [-0.2, 0) is 4.79 Å². The summed E-state index contributed by atoms with van der Waals surface area (Å²) in [5, 5.41) is 5.13. The maximum atomic E-state index is 13.9. The molecule has 2 amide bonds. The molecule has 2 aromatic rings. The molecule has 2 atom stereocenters. The van der Waals surface area contributed by atoms with Crippen LogP contribution in [0.1, 0.15) is 42.2 Å². The molecule has 0 bridgehead atoms. The third kappa shape index (κ3) is 4.18. The van der Waals surface area contributed by atoms with Crippen molar-refractivity contribution in [1.29, 1.82) is 0 Å². The Balaban J connectivity index is 2.03. The van der Waals surface area contributed by atoms with Gasteiger partial charge in [-0.3, -0.25) is 9.59 Å². The van der Waals surface area contributed by atoms with Crippen LogP contribution in [0.25, 0.3) is 0 Å². The lowest BCUT2D eigenvalue weighted by Gasteiger charge is -2.21. The summed E-state index contributed by atoms with van der Waals surface area (Å²) in [6, 6.07) is 3.01. The van der Waals surface area contributed by atoms with Gasteiger partial charge in [0, 0.05) is 5.56 Å². The van der Waals surface area contributed by atoms with Crippen molar-refractivity contribution in [2.24, 2.45) is 0 Å². The molecule has 0 aliphatic heterocycles. The summed E-state index contributed by atoms with van der Waals surface area (Å²) < 4.78 is 32.0. The van der Waals surface area contributed by atoms with Crippen molar-refractivity contribution in [3.63, 3.8) is 0 Å². The molecule has 7 heteroatoms. The fourth-order valence-electron chi connectivity index (χ4n) is 2.22. The van der Waals surface area contributed by atoms with Crippen LogP contribution in [0.4, 0.5) is 8.78 Å². The second-order valence-corrected chi connectivity index (χ2v) is 5.34. The van der Waals surface area contributed by atoms with Crippen molar-refractivity contribution < 1.29 is 22.8 Å². The van der Waals surface area contributed by atoms with E-state index in [1.165, 1.54) is 25.5 Å². The van der Waals surface area contributed by atoms with Crippen LogP contribution in [-0.4, -0.2) is 17.9 Å². The van der Waals surface area contributed by atoms with Crippen LogP contribution in [0.5, 0.6) is 0 Å². The molecule has 5 nitrogen and oxygen atoms in total. The quantitative estimate of drug-likeness (QED) is 0.852. The van der Waals surface area contributed by atoms with Gasteiger partial charge in [0.15, 0.2) is 0 Å². The highest BCUT2D eigenvalue weighted by Gasteiger charge is 2.22. The number of benzene rings is 1. The van der Waals surface area contributed by atoms with Gasteiger partial charge in [-0.2, -0.15) is 0 Å². The summed E-state index contributed by atoms with van der Waals surface area (Å²) in [4.78, 5) is 24.1. The number of halogens is 2. The van der Waals surface area contributed by atoms with Crippen LogP contribution >= 0.6 is 0 Å². The monoisotopic (exact) mass is 336 g/mol. The molecule has 2 N–H and O–H groups in total. The minimum absolute atomic E-state index is 0.0687. The molecule has 0 aliphatic carbocycles. The standard InChI is InChI=1S/C17H18F2N2O3/c1-3-15(13-8-12(18)4-5-14(13)19)21-16(22)10(2)20-17(23)11-6-7-24-9-11/h4-10,15H,3H2,1-2H3,(H,20,23)(H,21,22)/t10-,15-/m1/s1. The summed E-state index contributed by atoms with van der Waals surface area (Å²) in [5.74, 6) is -2.14. The van der Waals surface area contributed by atoms with Crippen molar-refractivity contribution in [1.82, 2.24) is 10.6 Å². The van der Waals surface area contributed by atoms with E-state index in [0.717, 1.165) is 18.2 Å². The second kappa shape index (κ2) is 7.72. The van der Waals surface area contributed by atoms with Gasteiger partial charge in [-0.05, 0) is 37.6 Å². The van der Waals surface area contributed by atoms with Crippen molar-refractivity contribution in [2.45, 2.75) is 32.4 Å². The number of carbonyl (C=O) groups excluding carboxylic acids is 2. The number of rotatable bonds is 6. The molecular formula is C17H18F2N2O3. The Morgan fingerprint density at radius 2 is 1.96 bits per heavy atom. The summed E-state index contributed by atoms with van der Waals surface area (Å²) in [7, 11) is 0. The third-order valence-corrected chi connectivity index (χ3v) is 3.58. The Kier molecular flexibility index (Phi) is 5.68. The normalized spacial score (nSPS) is 13.2. The average molecular weight is 336 g/mol. The van der Waals surface area contributed by atoms with Crippen molar-refractivity contribution in [3.05, 3.63) is 59.6 Å². The fourth-order valence-corrected chi connectivity index (χ4v) is 2.22. The summed E-state index contributed by atoms with van der Waals surface area (Å²) in [5.41, 5.74) is 0.358. The van der Waals surface area contributed by atoms with Crippen molar-refractivity contribution >= 4 is 11.8 Å². The van der Waals surface area contributed by atoms with Gasteiger partial charge in [0.2, 0.25) is 5.91 Å². The lowest BCUT2D eigenvalue weighted by Crippen LogP contribution is -2.45. The van der Waals surface area contributed by atoms with Crippen LogP contribution in [0.2, 0.25) is 0 Å². The number of amides is 2. The maximum absolute atomic E-state index is 13.9. The smallest absolute Gasteiger partial charge is 0.255 e. The molecule has 0 spiro atoms. The summed E-state index contributed by atoms with van der Waals surface area (Å²) in [6.45, 7) is 3.24. The van der Waals surface area contributed by atoms with E-state index in [-0.39, 0.29) is 11.1 Å². The van der Waals surface area contributed by atoms with E-state index < -0.39 is 35.5 Å². The molecule has 0 saturated heterocycles. The largest absolute Gasteiger partial charge is 0.472 e. The zero-order valence-electron chi connectivity index (χ0n) is 13.3. The van der Waals surface area contributed by atoms with Crippen LogP contribution < -0.4 is 10.6 Å². The minimum Gasteiger partial charge on any atom is -0.472 e. The van der Waals surface area contributed by atoms with E-state index in [0.29, 0.717) is 6.42 Å². The molecule has 128 valence electrons. The highest BCUT2D eigenvalue weighted by Crippen LogP contribution is 2.21. The Morgan fingerprint density at radius 3 is 2.58 bits per heavy atom. The first-order chi connectivity index (χ1) is 11.4. The Bertz CT molecular complexity index is 717. The van der Waals surface area contributed by atoms with E-state index in [4.69, 9.17) is 4.42 Å². The van der Waals surface area contributed by atoms with Crippen LogP contribution in [0.15, 0.2) is 41.2 Å². The predicted molar refractivity (Wildman–Crippen MR) is 83.2 cm³/mol. The lowest BCUT2D eigenvalue weighted by atomic mass is 10.0. The van der Waals surface area contributed by atoms with E-state index in [9.17, 15) is 18.4 Å². The van der Waals surface area contributed by atoms with Crippen molar-refractivity contribution in [2.75, 3.05) is 0 Å². The first-order valence-electron chi connectivity index (χ1n) is 7.50. The summed E-state index contributed by atoms with van der Waals surface area (Å²) >= 11 is 0. The van der Waals surface area contributed by atoms with Gasteiger partial charge in [-0.1, -0.05) is 6.92 Å². The first kappa shape index (κ1) is 17.7. The third-order valence-electron chi connectivity index (χ3n) is 3.58. The van der Waals surface area contributed by atoms with E-state index in [2.05, 4.69) is 10.6 Å². The van der Waals surface area contributed by atoms with Crippen LogP contribution in [0.3, 0.4) is 0 Å². The Labute approximate surface area is 138 Å². The number of nitrogens with one attached hydrogen (secondary N) is 2. The first-order valence-corrected chi connectivity index (χ1v) is 7.50. The minimum atomic E-state index is -0.849. The molecule has 2 rings (SSSR count). The fraction of sp³-hybridized carbons (Fsp3) is 0.294. The molecular weight excluding hydrogens is 318 g/mol. The highest BCUT2D eigenvalue weighted by atomic mass is 19.1. The Hall–Kier alpha value is -2.70. The molecule has 0 saturated carbocycles. The molecule has 24 heavy (non-hydrogen) atoms. The zero-order chi connectivity index (χ0) is 17.7. The molecule has 1 heterocycles. The average Bonchev–Trinajstić information content (AvgIpc) is 3.09. The molecule has 0 radical (unpaired) electrons. The zero-order valence-corrected chi connectivity index (χ0v) is 13.3. The molecule has 1 aromatic carbocycles. The highest BCUT2D eigenvalue weighted by molar-refractivity contribution is 5.97. The number of furan rings is 1. The van der Waals surface area contributed by atoms with Gasteiger partial charge in [0.05, 0.1) is 17.9 Å². The van der Waals surface area contributed by atoms with E-state index in [1.807, 2.05) is 0 Å². The van der Waals surface area contributed by atoms with Gasteiger partial charge < -0.3 is 15.1 Å². The second-order valence-electron chi connectivity index (χ2n) is 5.34. The number of hydrogen-bond donors (Lipinski definition) is 2. The summed E-state index contributed by atoms with van der Waals surface area (Å²) in [6.07, 6.45) is 2.98. The topological polar surface area (TPSA) is 71.3 Å². The maximum Gasteiger partial charge on any atom is 0.255 e. The van der Waals surface area contributed by atoms with Gasteiger partial charge in [0.1, 0.15) is 23.9 Å². The predicted octanol–water partition coefficient (Wildman–Crippen LogP) is 2.94. The molecule has 1 aromatic heterocycles. The molecule has 0 aliphatic rings. The molecule has 0 fully saturated rings. The number of carbonyl (C=O) groups is 2. The lowest BCUT2D eigenvalue weighted by molar-refractivity contribution is -0.123. The number of hydrogen-bond acceptors (Lipinski definition) is 3. The van der Waals surface area contributed by atoms with Gasteiger partial charge in [-0.15, -0.1) is 0 Å². The SMILES string of the molecule is CC[C@@H](NC(=O)[C@@H](C)NC(=O)c1ccoc1)c1cc(F)ccc1F. The van der Waals surface area contributed by atoms with Gasteiger partial charge in [-0.25, -0.2) is 8.78 Å². The van der Waals surface area contributed by atoms with Crippen molar-refractivity contribution in [3.8, 4) is 0 Å².